The molecule has 0 saturated heterocycles. The Kier molecular flexibility index (Phi) is 5.03. The van der Waals surface area contributed by atoms with Gasteiger partial charge in [0.2, 0.25) is 0 Å². The van der Waals surface area contributed by atoms with Crippen molar-refractivity contribution in [3.63, 3.8) is 0 Å². The number of nitrogens with zero attached hydrogens (tertiary/aromatic N) is 2. The summed E-state index contributed by atoms with van der Waals surface area (Å²) < 4.78 is 3.64. The Hall–Kier alpha value is -1.75. The van der Waals surface area contributed by atoms with Gasteiger partial charge in [0, 0.05) is 22.2 Å². The number of aromatic nitrogens is 2. The SMILES string of the molecule is O=C(NCc1cc(C#CCCO)cs1)c1cnns1. The fourth-order valence-electron chi connectivity index (χ4n) is 1.28. The van der Waals surface area contributed by atoms with E-state index in [2.05, 4.69) is 26.7 Å². The minimum atomic E-state index is -0.170. The van der Waals surface area contributed by atoms with Gasteiger partial charge in [-0.25, -0.2) is 0 Å². The third kappa shape index (κ3) is 4.13. The molecule has 0 spiro atoms. The molecule has 2 N–H and O–H groups in total. The minimum absolute atomic E-state index is 0.0724. The van der Waals surface area contributed by atoms with E-state index in [1.807, 2.05) is 11.4 Å². The lowest BCUT2D eigenvalue weighted by Gasteiger charge is -1.99. The van der Waals surface area contributed by atoms with Crippen LogP contribution in [0.15, 0.2) is 17.6 Å². The second-order valence-electron chi connectivity index (χ2n) is 3.54. The molecular weight excluding hydrogens is 282 g/mol. The highest BCUT2D eigenvalue weighted by atomic mass is 32.1. The van der Waals surface area contributed by atoms with Crippen LogP contribution >= 0.6 is 22.9 Å². The Morgan fingerprint density at radius 1 is 1.53 bits per heavy atom. The zero-order chi connectivity index (χ0) is 13.5. The van der Waals surface area contributed by atoms with E-state index >= 15 is 0 Å². The van der Waals surface area contributed by atoms with E-state index in [9.17, 15) is 4.79 Å². The molecule has 0 fully saturated rings. The predicted octanol–water partition coefficient (Wildman–Crippen LogP) is 1.26. The van der Waals surface area contributed by atoms with Crippen LogP contribution in [0.1, 0.15) is 26.5 Å². The summed E-state index contributed by atoms with van der Waals surface area (Å²) in [6, 6.07) is 1.93. The van der Waals surface area contributed by atoms with E-state index in [1.54, 1.807) is 0 Å². The van der Waals surface area contributed by atoms with Crippen LogP contribution in [0, 0.1) is 11.8 Å². The van der Waals surface area contributed by atoms with Gasteiger partial charge >= 0.3 is 0 Å². The van der Waals surface area contributed by atoms with Gasteiger partial charge in [-0.15, -0.1) is 16.4 Å². The fraction of sp³-hybridized carbons (Fsp3) is 0.250. The Bertz CT molecular complexity index is 596. The van der Waals surface area contributed by atoms with Crippen molar-refractivity contribution in [3.05, 3.63) is 33.0 Å². The summed E-state index contributed by atoms with van der Waals surface area (Å²) in [5.41, 5.74) is 0.905. The van der Waals surface area contributed by atoms with E-state index in [0.717, 1.165) is 22.0 Å². The maximum Gasteiger partial charge on any atom is 0.264 e. The number of carbonyl (C=O) groups is 1. The van der Waals surface area contributed by atoms with Gasteiger partial charge in [-0.05, 0) is 17.6 Å². The molecule has 0 bridgehead atoms. The van der Waals surface area contributed by atoms with Gasteiger partial charge in [-0.2, -0.15) is 0 Å². The molecule has 5 nitrogen and oxygen atoms in total. The molecule has 2 aromatic heterocycles. The van der Waals surface area contributed by atoms with Crippen LogP contribution in [0.5, 0.6) is 0 Å². The zero-order valence-corrected chi connectivity index (χ0v) is 11.6. The molecule has 0 radical (unpaired) electrons. The smallest absolute Gasteiger partial charge is 0.264 e. The monoisotopic (exact) mass is 293 g/mol. The lowest BCUT2D eigenvalue weighted by atomic mass is 10.3. The summed E-state index contributed by atoms with van der Waals surface area (Å²) >= 11 is 2.61. The molecule has 0 aliphatic rings. The molecule has 19 heavy (non-hydrogen) atoms. The van der Waals surface area contributed by atoms with E-state index in [-0.39, 0.29) is 12.5 Å². The number of aliphatic hydroxyl groups excluding tert-OH is 1. The third-order valence-corrected chi connectivity index (χ3v) is 3.73. The van der Waals surface area contributed by atoms with Crippen molar-refractivity contribution in [1.29, 1.82) is 0 Å². The van der Waals surface area contributed by atoms with Gasteiger partial charge in [0.15, 0.2) is 0 Å². The van der Waals surface area contributed by atoms with Crippen LogP contribution in [0.3, 0.4) is 0 Å². The Balaban J connectivity index is 1.87. The Morgan fingerprint density at radius 2 is 2.42 bits per heavy atom. The Labute approximate surface area is 118 Å². The first-order valence-corrected chi connectivity index (χ1v) is 7.17. The van der Waals surface area contributed by atoms with Gasteiger partial charge in [0.25, 0.3) is 5.91 Å². The average molecular weight is 293 g/mol. The van der Waals surface area contributed by atoms with Crippen LogP contribution in [0.2, 0.25) is 0 Å². The molecule has 0 aliphatic carbocycles. The van der Waals surface area contributed by atoms with Crippen LogP contribution < -0.4 is 5.32 Å². The largest absolute Gasteiger partial charge is 0.395 e. The quantitative estimate of drug-likeness (QED) is 0.832. The highest BCUT2D eigenvalue weighted by Gasteiger charge is 2.08. The summed E-state index contributed by atoms with van der Waals surface area (Å²) in [5, 5.41) is 17.0. The first kappa shape index (κ1) is 13.7. The number of aliphatic hydroxyl groups is 1. The van der Waals surface area contributed by atoms with E-state index < -0.39 is 0 Å². The van der Waals surface area contributed by atoms with Crippen LogP contribution in [-0.2, 0) is 6.54 Å². The molecule has 0 atom stereocenters. The maximum atomic E-state index is 11.7. The zero-order valence-electron chi connectivity index (χ0n) is 9.92. The summed E-state index contributed by atoms with van der Waals surface area (Å²) in [6.07, 6.45) is 1.92. The van der Waals surface area contributed by atoms with Gasteiger partial charge in [0.1, 0.15) is 4.88 Å². The maximum absolute atomic E-state index is 11.7. The van der Waals surface area contributed by atoms with Crippen molar-refractivity contribution in [2.75, 3.05) is 6.61 Å². The fourth-order valence-corrected chi connectivity index (χ4v) is 2.47. The lowest BCUT2D eigenvalue weighted by molar-refractivity contribution is 0.0955. The first-order valence-electron chi connectivity index (χ1n) is 5.52. The highest BCUT2D eigenvalue weighted by molar-refractivity contribution is 7.10. The highest BCUT2D eigenvalue weighted by Crippen LogP contribution is 2.14. The number of hydrogen-bond acceptors (Lipinski definition) is 6. The molecule has 7 heteroatoms. The second kappa shape index (κ2) is 6.99. The number of carbonyl (C=O) groups excluding carboxylic acids is 1. The molecule has 0 aliphatic heterocycles. The second-order valence-corrected chi connectivity index (χ2v) is 5.32. The number of hydrogen-bond donors (Lipinski definition) is 2. The molecule has 2 heterocycles. The molecule has 2 rings (SSSR count). The van der Waals surface area contributed by atoms with Gasteiger partial charge in [0.05, 0.1) is 19.3 Å². The van der Waals surface area contributed by atoms with Crippen molar-refractivity contribution in [2.45, 2.75) is 13.0 Å². The summed E-state index contributed by atoms with van der Waals surface area (Å²) in [5.74, 6) is 5.64. The van der Waals surface area contributed by atoms with Crippen LogP contribution in [0.4, 0.5) is 0 Å². The molecule has 2 aromatic rings. The minimum Gasteiger partial charge on any atom is -0.395 e. The number of nitrogens with one attached hydrogen (secondary N) is 1. The van der Waals surface area contributed by atoms with Crippen molar-refractivity contribution in [3.8, 4) is 11.8 Å². The molecule has 98 valence electrons. The van der Waals surface area contributed by atoms with Crippen molar-refractivity contribution in [1.82, 2.24) is 14.9 Å². The normalized spacial score (nSPS) is 9.74. The molecule has 0 unspecified atom stereocenters. The van der Waals surface area contributed by atoms with Gasteiger partial charge in [-0.3, -0.25) is 4.79 Å². The average Bonchev–Trinajstić information content (AvgIpc) is 3.08. The molecule has 0 saturated carbocycles. The first-order chi connectivity index (χ1) is 9.29. The summed E-state index contributed by atoms with van der Waals surface area (Å²) in [4.78, 5) is 13.2. The summed E-state index contributed by atoms with van der Waals surface area (Å²) in [6.45, 7) is 0.534. The van der Waals surface area contributed by atoms with Crippen molar-refractivity contribution in [2.24, 2.45) is 0 Å². The third-order valence-electron chi connectivity index (χ3n) is 2.13. The predicted molar refractivity (Wildman–Crippen MR) is 74.0 cm³/mol. The van der Waals surface area contributed by atoms with E-state index in [1.165, 1.54) is 17.5 Å². The summed E-state index contributed by atoms with van der Waals surface area (Å²) in [7, 11) is 0. The molecule has 1 amide bonds. The van der Waals surface area contributed by atoms with Crippen LogP contribution in [0.25, 0.3) is 0 Å². The van der Waals surface area contributed by atoms with Gasteiger partial charge in [-0.1, -0.05) is 16.3 Å². The van der Waals surface area contributed by atoms with Gasteiger partial charge < -0.3 is 10.4 Å². The molecular formula is C12H11N3O2S2. The molecule has 0 aromatic carbocycles. The van der Waals surface area contributed by atoms with E-state index in [0.29, 0.717) is 17.8 Å². The number of thiophene rings is 1. The number of amides is 1. The lowest BCUT2D eigenvalue weighted by Crippen LogP contribution is -2.21. The van der Waals surface area contributed by atoms with Crippen LogP contribution in [-0.4, -0.2) is 27.2 Å². The topological polar surface area (TPSA) is 75.1 Å². The van der Waals surface area contributed by atoms with Crippen molar-refractivity contribution >= 4 is 28.8 Å². The number of rotatable bonds is 4. The Morgan fingerprint density at radius 3 is 3.16 bits per heavy atom. The van der Waals surface area contributed by atoms with E-state index in [4.69, 9.17) is 5.11 Å². The van der Waals surface area contributed by atoms with Crippen molar-refractivity contribution < 1.29 is 9.90 Å². The standard InChI is InChI=1S/C12H11N3O2S2/c16-4-2-1-3-9-5-10(18-8-9)6-13-12(17)11-7-14-15-19-11/h5,7-8,16H,2,4,6H2,(H,13,17).